The maximum Gasteiger partial charge on any atom is 0.231 e. The average Bonchev–Trinajstić information content (AvgIpc) is 3.42. The summed E-state index contributed by atoms with van der Waals surface area (Å²) in [5.74, 6) is 1.11. The van der Waals surface area contributed by atoms with Gasteiger partial charge in [-0.1, -0.05) is 0 Å². The number of carbonyl (C=O) groups excluding carboxylic acids is 1. The fraction of sp³-hybridized carbons (Fsp3) is 0.636. The molecule has 0 saturated carbocycles. The smallest absolute Gasteiger partial charge is 0.231 e. The van der Waals surface area contributed by atoms with E-state index in [9.17, 15) is 4.79 Å². The molecule has 0 unspecified atom stereocenters. The molecule has 3 saturated heterocycles. The first-order valence-electron chi connectivity index (χ1n) is 11.1. The van der Waals surface area contributed by atoms with Crippen LogP contribution in [0.25, 0.3) is 0 Å². The number of anilines is 1. The van der Waals surface area contributed by atoms with Crippen molar-refractivity contribution in [2.45, 2.75) is 32.7 Å². The second kappa shape index (κ2) is 7.34. The van der Waals surface area contributed by atoms with E-state index in [0.717, 1.165) is 71.0 Å². The number of hydrogen-bond acceptors (Lipinski definition) is 6. The molecule has 2 spiro atoms. The molecular weight excluding hydrogens is 378 g/mol. The number of fused-ring (bicyclic) bond motifs is 1. The molecule has 0 radical (unpaired) electrons. The largest absolute Gasteiger partial charge is 0.342 e. The fourth-order valence-corrected chi connectivity index (χ4v) is 6.03. The number of hydrogen-bond donors (Lipinski definition) is 0. The van der Waals surface area contributed by atoms with Crippen molar-refractivity contribution in [3.8, 4) is 0 Å². The highest BCUT2D eigenvalue weighted by atomic mass is 16.2. The van der Waals surface area contributed by atoms with E-state index in [4.69, 9.17) is 0 Å². The zero-order chi connectivity index (χ0) is 20.8. The molecule has 0 aliphatic carbocycles. The van der Waals surface area contributed by atoms with Crippen LogP contribution in [0.5, 0.6) is 0 Å². The Morgan fingerprint density at radius 3 is 2.47 bits per heavy atom. The van der Waals surface area contributed by atoms with Crippen molar-refractivity contribution in [2.24, 2.45) is 17.9 Å². The van der Waals surface area contributed by atoms with Crippen LogP contribution >= 0.6 is 0 Å². The van der Waals surface area contributed by atoms with E-state index in [1.165, 1.54) is 5.56 Å². The summed E-state index contributed by atoms with van der Waals surface area (Å²) >= 11 is 0. The highest BCUT2D eigenvalue weighted by Gasteiger charge is 2.65. The second-order valence-electron chi connectivity index (χ2n) is 9.20. The predicted octanol–water partition coefficient (Wildman–Crippen LogP) is 1.55. The standard InChI is InChI=1S/C22H31N7O/c1-3-28-12-7-22(19(28)30)17-29(20-23-8-4-9-24-20)16-21(22)5-10-27(11-6-21)15-18-13-25-26(2)14-18/h4,8-9,13-14H,3,5-7,10-12,15-17H2,1-2H3/t22-/m0/s1. The molecule has 5 heterocycles. The summed E-state index contributed by atoms with van der Waals surface area (Å²) < 4.78 is 1.86. The lowest BCUT2D eigenvalue weighted by Gasteiger charge is -2.46. The Kier molecular flexibility index (Phi) is 4.76. The summed E-state index contributed by atoms with van der Waals surface area (Å²) in [7, 11) is 1.96. The number of carbonyl (C=O) groups is 1. The number of nitrogens with zero attached hydrogens (tertiary/aromatic N) is 7. The third-order valence-corrected chi connectivity index (χ3v) is 7.67. The Balaban J connectivity index is 1.39. The monoisotopic (exact) mass is 409 g/mol. The quantitative estimate of drug-likeness (QED) is 0.763. The van der Waals surface area contributed by atoms with Crippen LogP contribution in [0.15, 0.2) is 30.9 Å². The van der Waals surface area contributed by atoms with E-state index in [0.29, 0.717) is 5.91 Å². The molecule has 160 valence electrons. The van der Waals surface area contributed by atoms with Gasteiger partial charge in [0.1, 0.15) is 0 Å². The van der Waals surface area contributed by atoms with E-state index in [2.05, 4.69) is 42.9 Å². The van der Waals surface area contributed by atoms with Gasteiger partial charge in [-0.3, -0.25) is 14.4 Å². The zero-order valence-corrected chi connectivity index (χ0v) is 18.0. The van der Waals surface area contributed by atoms with Gasteiger partial charge in [-0.05, 0) is 45.3 Å². The highest BCUT2D eigenvalue weighted by Crippen LogP contribution is 2.58. The first kappa shape index (κ1) is 19.5. The summed E-state index contributed by atoms with van der Waals surface area (Å²) in [6.45, 7) is 8.34. The number of aromatic nitrogens is 4. The lowest BCUT2D eigenvalue weighted by atomic mass is 9.60. The Hall–Kier alpha value is -2.48. The van der Waals surface area contributed by atoms with Gasteiger partial charge in [0.25, 0.3) is 0 Å². The molecule has 3 aliphatic rings. The topological polar surface area (TPSA) is 70.4 Å². The molecule has 3 fully saturated rings. The van der Waals surface area contributed by atoms with Crippen LogP contribution in [0.3, 0.4) is 0 Å². The van der Waals surface area contributed by atoms with Gasteiger partial charge in [0, 0.05) is 69.3 Å². The van der Waals surface area contributed by atoms with Crippen molar-refractivity contribution in [1.29, 1.82) is 0 Å². The Morgan fingerprint density at radius 1 is 1.07 bits per heavy atom. The molecule has 3 aliphatic heterocycles. The number of rotatable bonds is 4. The minimum Gasteiger partial charge on any atom is -0.342 e. The third-order valence-electron chi connectivity index (χ3n) is 7.67. The molecule has 8 nitrogen and oxygen atoms in total. The highest BCUT2D eigenvalue weighted by molar-refractivity contribution is 5.87. The van der Waals surface area contributed by atoms with Crippen LogP contribution in [-0.4, -0.2) is 74.7 Å². The number of likely N-dealkylation sites (tertiary alicyclic amines) is 2. The Labute approximate surface area is 177 Å². The van der Waals surface area contributed by atoms with Gasteiger partial charge >= 0.3 is 0 Å². The third kappa shape index (κ3) is 3.00. The minimum absolute atomic E-state index is 0.00135. The van der Waals surface area contributed by atoms with Gasteiger partial charge in [0.05, 0.1) is 11.6 Å². The lowest BCUT2D eigenvalue weighted by molar-refractivity contribution is -0.142. The van der Waals surface area contributed by atoms with Crippen molar-refractivity contribution >= 4 is 11.9 Å². The van der Waals surface area contributed by atoms with E-state index < -0.39 is 0 Å². The van der Waals surface area contributed by atoms with Gasteiger partial charge in [0.15, 0.2) is 0 Å². The predicted molar refractivity (Wildman–Crippen MR) is 114 cm³/mol. The van der Waals surface area contributed by atoms with Crippen molar-refractivity contribution in [3.63, 3.8) is 0 Å². The van der Waals surface area contributed by atoms with E-state index in [1.807, 2.05) is 24.0 Å². The fourth-order valence-electron chi connectivity index (χ4n) is 6.03. The van der Waals surface area contributed by atoms with Crippen LogP contribution in [0, 0.1) is 10.8 Å². The molecule has 2 aromatic heterocycles. The van der Waals surface area contributed by atoms with Gasteiger partial charge < -0.3 is 9.80 Å². The van der Waals surface area contributed by atoms with Gasteiger partial charge in [-0.25, -0.2) is 9.97 Å². The van der Waals surface area contributed by atoms with E-state index in [1.54, 1.807) is 12.4 Å². The van der Waals surface area contributed by atoms with Gasteiger partial charge in [-0.15, -0.1) is 0 Å². The summed E-state index contributed by atoms with van der Waals surface area (Å²) in [4.78, 5) is 29.5. The molecule has 1 atom stereocenters. The molecule has 8 heteroatoms. The van der Waals surface area contributed by atoms with E-state index >= 15 is 0 Å². The molecular formula is C22H31N7O. The SMILES string of the molecule is CCN1CC[C@]2(CN(c3ncccn3)CC23CCN(Cc2cnn(C)c2)CC3)C1=O. The zero-order valence-electron chi connectivity index (χ0n) is 18.0. The lowest BCUT2D eigenvalue weighted by Crippen LogP contribution is -2.52. The number of piperidine rings is 1. The molecule has 0 N–H and O–H groups in total. The van der Waals surface area contributed by atoms with Crippen LogP contribution in [0.2, 0.25) is 0 Å². The molecule has 0 aromatic carbocycles. The maximum absolute atomic E-state index is 13.6. The minimum atomic E-state index is -0.303. The summed E-state index contributed by atoms with van der Waals surface area (Å²) in [6.07, 6.45) is 10.7. The molecule has 30 heavy (non-hydrogen) atoms. The van der Waals surface area contributed by atoms with Crippen LogP contribution in [0.4, 0.5) is 5.95 Å². The van der Waals surface area contributed by atoms with Crippen LogP contribution in [0.1, 0.15) is 31.7 Å². The van der Waals surface area contributed by atoms with Gasteiger partial charge in [-0.2, -0.15) is 5.10 Å². The molecule has 0 bridgehead atoms. The first-order valence-corrected chi connectivity index (χ1v) is 11.1. The van der Waals surface area contributed by atoms with Crippen molar-refractivity contribution < 1.29 is 4.79 Å². The summed E-state index contributed by atoms with van der Waals surface area (Å²) in [5.41, 5.74) is 0.948. The normalized spacial score (nSPS) is 26.4. The van der Waals surface area contributed by atoms with Gasteiger partial charge in [0.2, 0.25) is 11.9 Å². The number of amides is 1. The Bertz CT molecular complexity index is 905. The number of aryl methyl sites for hydroxylation is 1. The molecule has 2 aromatic rings. The average molecular weight is 410 g/mol. The molecule has 1 amide bonds. The maximum atomic E-state index is 13.6. The first-order chi connectivity index (χ1) is 14.6. The summed E-state index contributed by atoms with van der Waals surface area (Å²) in [5, 5.41) is 4.30. The van der Waals surface area contributed by atoms with Crippen LogP contribution in [-0.2, 0) is 18.4 Å². The van der Waals surface area contributed by atoms with Crippen molar-refractivity contribution in [1.82, 2.24) is 29.5 Å². The Morgan fingerprint density at radius 2 is 1.83 bits per heavy atom. The van der Waals surface area contributed by atoms with Crippen molar-refractivity contribution in [3.05, 3.63) is 36.4 Å². The molecule has 5 rings (SSSR count). The second-order valence-corrected chi connectivity index (χ2v) is 9.20. The van der Waals surface area contributed by atoms with Crippen molar-refractivity contribution in [2.75, 3.05) is 44.2 Å². The van der Waals surface area contributed by atoms with E-state index in [-0.39, 0.29) is 10.8 Å². The summed E-state index contributed by atoms with van der Waals surface area (Å²) in [6, 6.07) is 1.85. The van der Waals surface area contributed by atoms with Crippen LogP contribution < -0.4 is 4.90 Å².